The molecule has 0 radical (unpaired) electrons. The van der Waals surface area contributed by atoms with Crippen LogP contribution in [0.2, 0.25) is 0 Å². The van der Waals surface area contributed by atoms with Crippen molar-refractivity contribution in [3.05, 3.63) is 82.7 Å². The van der Waals surface area contributed by atoms with E-state index in [1.807, 2.05) is 6.92 Å². The second-order valence-electron chi connectivity index (χ2n) is 8.91. The summed E-state index contributed by atoms with van der Waals surface area (Å²) in [5.41, 5.74) is -0.468. The summed E-state index contributed by atoms with van der Waals surface area (Å²) in [7, 11) is 0. The summed E-state index contributed by atoms with van der Waals surface area (Å²) in [5.74, 6) is -0.335. The van der Waals surface area contributed by atoms with E-state index in [4.69, 9.17) is 4.74 Å². The molecule has 3 rings (SSSR count). The Morgan fingerprint density at radius 2 is 1.62 bits per heavy atom. The molecule has 0 aliphatic heterocycles. The van der Waals surface area contributed by atoms with Crippen LogP contribution in [0.25, 0.3) is 0 Å². The fraction of sp³-hybridized carbons (Fsp3) is 0.481. The summed E-state index contributed by atoms with van der Waals surface area (Å²) in [5, 5.41) is 0. The van der Waals surface area contributed by atoms with Crippen LogP contribution in [0, 0.1) is 11.7 Å². The van der Waals surface area contributed by atoms with Crippen LogP contribution in [-0.4, -0.2) is 6.61 Å². The molecule has 1 fully saturated rings. The number of hydrogen-bond acceptors (Lipinski definition) is 1. The number of ether oxygens (including phenoxy) is 1. The maximum atomic E-state index is 14.5. The van der Waals surface area contributed by atoms with Crippen molar-refractivity contribution in [2.45, 2.75) is 70.1 Å². The fourth-order valence-electron chi connectivity index (χ4n) is 4.56. The minimum absolute atomic E-state index is 0.139. The molecule has 1 aliphatic rings. The highest BCUT2D eigenvalue weighted by Crippen LogP contribution is 2.39. The number of rotatable bonds is 9. The number of allylic oxidation sites excluding steroid dienone is 2. The molecule has 186 valence electrons. The van der Waals surface area contributed by atoms with E-state index in [9.17, 15) is 26.3 Å². The van der Waals surface area contributed by atoms with Crippen molar-refractivity contribution < 1.29 is 31.1 Å². The largest absolute Gasteiger partial charge is 0.419 e. The molecular formula is C27H30F6O. The zero-order chi connectivity index (χ0) is 24.8. The van der Waals surface area contributed by atoms with Gasteiger partial charge in [-0.15, -0.1) is 0 Å². The first kappa shape index (κ1) is 26.3. The van der Waals surface area contributed by atoms with Crippen LogP contribution >= 0.6 is 0 Å². The summed E-state index contributed by atoms with van der Waals surface area (Å²) < 4.78 is 85.2. The molecule has 1 aliphatic carbocycles. The van der Waals surface area contributed by atoms with Crippen LogP contribution < -0.4 is 0 Å². The average Bonchev–Trinajstić information content (AvgIpc) is 2.79. The minimum atomic E-state index is -4.80. The average molecular weight is 485 g/mol. The lowest BCUT2D eigenvalue weighted by Crippen LogP contribution is -2.20. The quantitative estimate of drug-likeness (QED) is 0.255. The van der Waals surface area contributed by atoms with Gasteiger partial charge in [-0.1, -0.05) is 42.5 Å². The molecule has 2 aromatic rings. The molecule has 7 heteroatoms. The highest BCUT2D eigenvalue weighted by Gasteiger charge is 2.35. The van der Waals surface area contributed by atoms with Gasteiger partial charge >= 0.3 is 12.3 Å². The maximum Gasteiger partial charge on any atom is 0.419 e. The smallest absolute Gasteiger partial charge is 0.316 e. The van der Waals surface area contributed by atoms with E-state index >= 15 is 0 Å². The Balaban J connectivity index is 1.50. The van der Waals surface area contributed by atoms with Crippen LogP contribution in [0.5, 0.6) is 0 Å². The van der Waals surface area contributed by atoms with Gasteiger partial charge in [0, 0.05) is 0 Å². The first-order chi connectivity index (χ1) is 16.1. The van der Waals surface area contributed by atoms with Crippen LogP contribution in [0.1, 0.15) is 73.6 Å². The van der Waals surface area contributed by atoms with E-state index in [0.717, 1.165) is 49.7 Å². The molecule has 0 aromatic heterocycles. The van der Waals surface area contributed by atoms with Crippen molar-refractivity contribution >= 4 is 0 Å². The Morgan fingerprint density at radius 1 is 0.941 bits per heavy atom. The third-order valence-electron chi connectivity index (χ3n) is 6.56. The van der Waals surface area contributed by atoms with E-state index in [2.05, 4.69) is 12.2 Å². The van der Waals surface area contributed by atoms with Gasteiger partial charge in [0.15, 0.2) is 0 Å². The van der Waals surface area contributed by atoms with Gasteiger partial charge in [0.05, 0.1) is 17.7 Å². The third kappa shape index (κ3) is 7.11. The molecule has 1 nitrogen and oxygen atoms in total. The summed E-state index contributed by atoms with van der Waals surface area (Å²) in [6.45, 7) is 1.56. The van der Waals surface area contributed by atoms with E-state index in [1.165, 1.54) is 18.6 Å². The van der Waals surface area contributed by atoms with Crippen molar-refractivity contribution in [2.24, 2.45) is 5.92 Å². The molecule has 0 amide bonds. The molecule has 0 bridgehead atoms. The standard InChI is InChI=1S/C27H30F6O/c1-2-3-4-5-19-6-9-21(10-7-19)22-11-13-23(14-12-22)27(32,33)34-17-16-20-8-15-24(25(28)18-20)26(29,30)31/h2-3,8,11-15,18-19,21H,4-7,9-10,16-17H2,1H3/b3-2+. The van der Waals surface area contributed by atoms with Gasteiger partial charge in [-0.05, 0) is 87.0 Å². The SMILES string of the molecule is C/C=C/CCC1CCC(c2ccc(C(F)(F)OCCc3ccc(C(F)(F)F)c(F)c3)cc2)CC1. The van der Waals surface area contributed by atoms with Crippen molar-refractivity contribution in [3.8, 4) is 0 Å². The topological polar surface area (TPSA) is 9.23 Å². The van der Waals surface area contributed by atoms with E-state index in [1.54, 1.807) is 12.1 Å². The van der Waals surface area contributed by atoms with Crippen LogP contribution in [0.3, 0.4) is 0 Å². The number of benzene rings is 2. The lowest BCUT2D eigenvalue weighted by Gasteiger charge is -2.29. The van der Waals surface area contributed by atoms with Gasteiger partial charge in [-0.3, -0.25) is 0 Å². The van der Waals surface area contributed by atoms with Gasteiger partial charge < -0.3 is 4.74 Å². The fourth-order valence-corrected chi connectivity index (χ4v) is 4.56. The second kappa shape index (κ2) is 11.4. The number of alkyl halides is 5. The zero-order valence-corrected chi connectivity index (χ0v) is 19.2. The van der Waals surface area contributed by atoms with E-state index in [-0.39, 0.29) is 17.5 Å². The monoisotopic (exact) mass is 484 g/mol. The Labute approximate surface area is 196 Å². The van der Waals surface area contributed by atoms with Crippen molar-refractivity contribution in [3.63, 3.8) is 0 Å². The molecule has 0 spiro atoms. The Kier molecular flexibility index (Phi) is 8.85. The van der Waals surface area contributed by atoms with E-state index < -0.39 is 30.3 Å². The Bertz CT molecular complexity index is 941. The highest BCUT2D eigenvalue weighted by molar-refractivity contribution is 5.28. The molecule has 1 saturated carbocycles. The molecule has 0 saturated heterocycles. The van der Waals surface area contributed by atoms with Crippen molar-refractivity contribution in [1.29, 1.82) is 0 Å². The molecule has 2 aromatic carbocycles. The lowest BCUT2D eigenvalue weighted by molar-refractivity contribution is -0.248. The maximum absolute atomic E-state index is 14.5. The van der Waals surface area contributed by atoms with Gasteiger partial charge in [0.2, 0.25) is 0 Å². The zero-order valence-electron chi connectivity index (χ0n) is 19.2. The van der Waals surface area contributed by atoms with Crippen molar-refractivity contribution in [2.75, 3.05) is 6.61 Å². The van der Waals surface area contributed by atoms with Gasteiger partial charge in [-0.2, -0.15) is 22.0 Å². The lowest BCUT2D eigenvalue weighted by atomic mass is 9.77. The van der Waals surface area contributed by atoms with Crippen molar-refractivity contribution in [1.82, 2.24) is 0 Å². The van der Waals surface area contributed by atoms with Gasteiger partial charge in [0.1, 0.15) is 5.82 Å². The molecular weight excluding hydrogens is 454 g/mol. The summed E-state index contributed by atoms with van der Waals surface area (Å²) >= 11 is 0. The summed E-state index contributed by atoms with van der Waals surface area (Å²) in [6, 6.07) is 8.56. The first-order valence-electron chi connectivity index (χ1n) is 11.7. The van der Waals surface area contributed by atoms with Gasteiger partial charge in [-0.25, -0.2) is 4.39 Å². The number of hydrogen-bond donors (Lipinski definition) is 0. The van der Waals surface area contributed by atoms with Crippen LogP contribution in [0.4, 0.5) is 26.3 Å². The van der Waals surface area contributed by atoms with Crippen LogP contribution in [-0.2, 0) is 23.4 Å². The first-order valence-corrected chi connectivity index (χ1v) is 11.7. The predicted molar refractivity (Wildman–Crippen MR) is 120 cm³/mol. The molecule has 0 heterocycles. The number of halogens is 6. The Hall–Kier alpha value is -2.28. The normalized spacial score (nSPS) is 19.6. The summed E-state index contributed by atoms with van der Waals surface area (Å²) in [4.78, 5) is 0. The molecule has 34 heavy (non-hydrogen) atoms. The molecule has 0 unspecified atom stereocenters. The van der Waals surface area contributed by atoms with Gasteiger partial charge in [0.25, 0.3) is 0 Å². The Morgan fingerprint density at radius 3 is 2.21 bits per heavy atom. The predicted octanol–water partition coefficient (Wildman–Crippen LogP) is 8.78. The molecule has 0 N–H and O–H groups in total. The highest BCUT2D eigenvalue weighted by atomic mass is 19.4. The summed E-state index contributed by atoms with van der Waals surface area (Å²) in [6.07, 6.45) is 2.46. The van der Waals surface area contributed by atoms with E-state index in [0.29, 0.717) is 18.1 Å². The molecule has 0 atom stereocenters. The minimum Gasteiger partial charge on any atom is -0.316 e. The van der Waals surface area contributed by atoms with Crippen LogP contribution in [0.15, 0.2) is 54.6 Å². The third-order valence-corrected chi connectivity index (χ3v) is 6.56. The second-order valence-corrected chi connectivity index (χ2v) is 8.91.